The number of rotatable bonds is 4. The molecule has 1 aliphatic heterocycles. The van der Waals surface area contributed by atoms with Gasteiger partial charge in [0.05, 0.1) is 12.0 Å². The van der Waals surface area contributed by atoms with Gasteiger partial charge in [-0.05, 0) is 36.6 Å². The molecular formula is C13H13ClN2O5. The minimum atomic E-state index is -0.732. The van der Waals surface area contributed by atoms with E-state index in [-0.39, 0.29) is 11.3 Å². The van der Waals surface area contributed by atoms with Gasteiger partial charge in [-0.3, -0.25) is 19.7 Å². The topological polar surface area (TPSA) is 89.8 Å². The Kier molecular flexibility index (Phi) is 4.42. The van der Waals surface area contributed by atoms with Crippen molar-refractivity contribution in [2.75, 3.05) is 13.7 Å². The van der Waals surface area contributed by atoms with Crippen LogP contribution in [0.1, 0.15) is 23.2 Å². The maximum Gasteiger partial charge on any atom is 0.323 e. The molecule has 1 aromatic carbocycles. The van der Waals surface area contributed by atoms with Gasteiger partial charge in [-0.25, -0.2) is 0 Å². The minimum Gasteiger partial charge on any atom is -0.490 e. The number of nitro groups is 1. The van der Waals surface area contributed by atoms with Crippen LogP contribution in [-0.2, 0) is 4.79 Å². The number of carbonyl (C=O) groups is 2. The van der Waals surface area contributed by atoms with Crippen molar-refractivity contribution >= 4 is 28.4 Å². The number of benzene rings is 1. The van der Waals surface area contributed by atoms with E-state index in [1.54, 1.807) is 0 Å². The fraction of sp³-hybridized carbons (Fsp3) is 0.385. The molecule has 1 aliphatic rings. The fourth-order valence-corrected chi connectivity index (χ4v) is 2.68. The quantitative estimate of drug-likeness (QED) is 0.481. The lowest BCUT2D eigenvalue weighted by Gasteiger charge is -2.21. The third kappa shape index (κ3) is 2.82. The van der Waals surface area contributed by atoms with Crippen LogP contribution in [-0.4, -0.2) is 40.7 Å². The van der Waals surface area contributed by atoms with Gasteiger partial charge in [0.2, 0.25) is 5.24 Å². The summed E-state index contributed by atoms with van der Waals surface area (Å²) in [6.45, 7) is 0.344. The highest BCUT2D eigenvalue weighted by Gasteiger charge is 2.37. The number of carbonyl (C=O) groups excluding carboxylic acids is 2. The first kappa shape index (κ1) is 15.2. The van der Waals surface area contributed by atoms with Gasteiger partial charge in [0.15, 0.2) is 5.75 Å². The van der Waals surface area contributed by atoms with E-state index in [9.17, 15) is 19.7 Å². The van der Waals surface area contributed by atoms with E-state index in [0.717, 1.165) is 0 Å². The molecule has 1 unspecified atom stereocenters. The van der Waals surface area contributed by atoms with Crippen molar-refractivity contribution in [3.8, 4) is 5.75 Å². The molecule has 1 saturated heterocycles. The van der Waals surface area contributed by atoms with Crippen LogP contribution in [0, 0.1) is 10.1 Å². The zero-order valence-corrected chi connectivity index (χ0v) is 12.0. The zero-order chi connectivity index (χ0) is 15.6. The number of likely N-dealkylation sites (tertiary alicyclic amines) is 1. The van der Waals surface area contributed by atoms with E-state index in [4.69, 9.17) is 16.3 Å². The monoisotopic (exact) mass is 312 g/mol. The van der Waals surface area contributed by atoms with Gasteiger partial charge in [0.1, 0.15) is 11.6 Å². The summed E-state index contributed by atoms with van der Waals surface area (Å²) >= 11 is 5.48. The molecule has 1 amide bonds. The van der Waals surface area contributed by atoms with E-state index in [1.807, 2.05) is 0 Å². The van der Waals surface area contributed by atoms with Crippen molar-refractivity contribution in [2.24, 2.45) is 0 Å². The minimum absolute atomic E-state index is 0.00111. The molecule has 0 aromatic heterocycles. The molecule has 0 spiro atoms. The largest absolute Gasteiger partial charge is 0.490 e. The number of ether oxygens (including phenoxy) is 1. The van der Waals surface area contributed by atoms with Gasteiger partial charge in [-0.2, -0.15) is 0 Å². The number of amides is 1. The maximum atomic E-state index is 12.5. The van der Waals surface area contributed by atoms with E-state index in [1.165, 1.54) is 30.2 Å². The predicted molar refractivity (Wildman–Crippen MR) is 74.6 cm³/mol. The van der Waals surface area contributed by atoms with Gasteiger partial charge >= 0.3 is 5.69 Å². The van der Waals surface area contributed by atoms with Crippen LogP contribution in [0.4, 0.5) is 5.69 Å². The van der Waals surface area contributed by atoms with E-state index in [2.05, 4.69) is 0 Å². The number of halogens is 1. The molecule has 112 valence electrons. The summed E-state index contributed by atoms with van der Waals surface area (Å²) in [6, 6.07) is 3.51. The number of hydrogen-bond donors (Lipinski definition) is 0. The van der Waals surface area contributed by atoms with Crippen LogP contribution in [0.2, 0.25) is 0 Å². The van der Waals surface area contributed by atoms with Crippen molar-refractivity contribution in [1.82, 2.24) is 4.90 Å². The Morgan fingerprint density at radius 3 is 2.76 bits per heavy atom. The number of para-hydroxylation sites is 1. The first-order valence-corrected chi connectivity index (χ1v) is 6.67. The van der Waals surface area contributed by atoms with Crippen molar-refractivity contribution in [3.63, 3.8) is 0 Å². The molecule has 2 rings (SSSR count). The summed E-state index contributed by atoms with van der Waals surface area (Å²) in [5.41, 5.74) is -0.512. The average Bonchev–Trinajstić information content (AvgIpc) is 2.95. The van der Waals surface area contributed by atoms with Crippen LogP contribution in [0.15, 0.2) is 18.2 Å². The molecule has 0 bridgehead atoms. The second kappa shape index (κ2) is 6.09. The second-order valence-electron chi connectivity index (χ2n) is 4.57. The van der Waals surface area contributed by atoms with Gasteiger partial charge in [-0.15, -0.1) is 0 Å². The van der Waals surface area contributed by atoms with Gasteiger partial charge < -0.3 is 9.64 Å². The lowest BCUT2D eigenvalue weighted by Crippen LogP contribution is -2.39. The van der Waals surface area contributed by atoms with Gasteiger partial charge in [0, 0.05) is 6.54 Å². The van der Waals surface area contributed by atoms with Crippen LogP contribution < -0.4 is 4.74 Å². The summed E-state index contributed by atoms with van der Waals surface area (Å²) in [6.07, 6.45) is 1.10. The molecule has 1 aromatic rings. The molecule has 7 nitrogen and oxygen atoms in total. The first-order chi connectivity index (χ1) is 9.97. The molecule has 21 heavy (non-hydrogen) atoms. The highest BCUT2D eigenvalue weighted by molar-refractivity contribution is 6.64. The summed E-state index contributed by atoms with van der Waals surface area (Å²) in [7, 11) is 1.29. The van der Waals surface area contributed by atoms with Crippen LogP contribution in [0.3, 0.4) is 0 Å². The van der Waals surface area contributed by atoms with Crippen LogP contribution >= 0.6 is 11.6 Å². The number of methoxy groups -OCH3 is 1. The summed E-state index contributed by atoms with van der Waals surface area (Å²) < 4.78 is 4.93. The molecule has 1 heterocycles. The fourth-order valence-electron chi connectivity index (χ4n) is 2.45. The summed E-state index contributed by atoms with van der Waals surface area (Å²) in [4.78, 5) is 35.7. The Balaban J connectivity index is 2.44. The van der Waals surface area contributed by atoms with Gasteiger partial charge in [-0.1, -0.05) is 6.07 Å². The Morgan fingerprint density at radius 2 is 2.19 bits per heavy atom. The molecule has 8 heteroatoms. The van der Waals surface area contributed by atoms with Gasteiger partial charge in [0.25, 0.3) is 5.91 Å². The Labute approximate surface area is 125 Å². The Morgan fingerprint density at radius 1 is 1.48 bits per heavy atom. The lowest BCUT2D eigenvalue weighted by molar-refractivity contribution is -0.386. The van der Waals surface area contributed by atoms with Crippen molar-refractivity contribution < 1.29 is 19.2 Å². The van der Waals surface area contributed by atoms with Crippen LogP contribution in [0.5, 0.6) is 5.75 Å². The van der Waals surface area contributed by atoms with Crippen LogP contribution in [0.25, 0.3) is 0 Å². The van der Waals surface area contributed by atoms with E-state index < -0.39 is 27.8 Å². The molecule has 1 fully saturated rings. The van der Waals surface area contributed by atoms with E-state index in [0.29, 0.717) is 19.4 Å². The van der Waals surface area contributed by atoms with Crippen molar-refractivity contribution in [3.05, 3.63) is 33.9 Å². The molecule has 0 N–H and O–H groups in total. The Hall–Kier alpha value is -2.15. The number of hydrogen-bond acceptors (Lipinski definition) is 5. The standard InChI is InChI=1S/C13H13ClN2O5/c1-21-10-6-2-4-8(11(10)16(19)20)13(18)15-7-3-5-9(15)12(14)17/h2,4,6,9H,3,5,7H2,1H3. The first-order valence-electron chi connectivity index (χ1n) is 6.29. The Bertz CT molecular complexity index is 604. The second-order valence-corrected chi connectivity index (χ2v) is 4.95. The SMILES string of the molecule is COc1cccc(C(=O)N2CCCC2C(=O)Cl)c1[N+](=O)[O-]. The predicted octanol–water partition coefficient (Wildman–Crippen LogP) is 1.97. The average molecular weight is 313 g/mol. The molecule has 0 saturated carbocycles. The highest BCUT2D eigenvalue weighted by Crippen LogP contribution is 2.33. The summed E-state index contributed by atoms with van der Waals surface area (Å²) in [5.74, 6) is -0.587. The maximum absolute atomic E-state index is 12.5. The molecule has 0 radical (unpaired) electrons. The zero-order valence-electron chi connectivity index (χ0n) is 11.2. The van der Waals surface area contributed by atoms with E-state index >= 15 is 0 Å². The lowest BCUT2D eigenvalue weighted by atomic mass is 10.1. The molecule has 1 atom stereocenters. The van der Waals surface area contributed by atoms with Crippen molar-refractivity contribution in [1.29, 1.82) is 0 Å². The smallest absolute Gasteiger partial charge is 0.323 e. The molecule has 0 aliphatic carbocycles. The normalized spacial score (nSPS) is 17.6. The number of nitro benzene ring substituents is 1. The number of nitrogens with zero attached hydrogens (tertiary/aromatic N) is 2. The summed E-state index contributed by atoms with van der Waals surface area (Å²) in [5, 5.41) is 10.6. The highest BCUT2D eigenvalue weighted by atomic mass is 35.5. The third-order valence-electron chi connectivity index (χ3n) is 3.41. The van der Waals surface area contributed by atoms with Crippen molar-refractivity contribution in [2.45, 2.75) is 18.9 Å². The third-order valence-corrected chi connectivity index (χ3v) is 3.66. The molecular weight excluding hydrogens is 300 g/mol.